The summed E-state index contributed by atoms with van der Waals surface area (Å²) in [7, 11) is -3.21. The van der Waals surface area contributed by atoms with Crippen molar-refractivity contribution in [2.75, 3.05) is 11.6 Å². The summed E-state index contributed by atoms with van der Waals surface area (Å²) >= 11 is 0. The normalized spacial score (nSPS) is 11.4. The van der Waals surface area contributed by atoms with E-state index in [1.54, 1.807) is 48.9 Å². The summed E-state index contributed by atoms with van der Waals surface area (Å²) in [5.41, 5.74) is 1.69. The van der Waals surface area contributed by atoms with Gasteiger partial charge in [-0.15, -0.1) is 0 Å². The molecule has 0 bridgehead atoms. The van der Waals surface area contributed by atoms with Crippen LogP contribution in [-0.4, -0.2) is 29.6 Å². The van der Waals surface area contributed by atoms with Gasteiger partial charge in [-0.2, -0.15) is 0 Å². The van der Waals surface area contributed by atoms with Crippen molar-refractivity contribution in [2.24, 2.45) is 0 Å². The van der Waals surface area contributed by atoms with E-state index in [2.05, 4.69) is 20.3 Å². The minimum absolute atomic E-state index is 0.284. The second kappa shape index (κ2) is 6.77. The summed E-state index contributed by atoms with van der Waals surface area (Å²) in [5.74, 6) is 1.36. The van der Waals surface area contributed by atoms with E-state index in [4.69, 9.17) is 0 Å². The van der Waals surface area contributed by atoms with Crippen molar-refractivity contribution in [2.45, 2.75) is 4.90 Å². The highest BCUT2D eigenvalue weighted by atomic mass is 32.2. The molecule has 6 nitrogen and oxygen atoms in total. The molecular weight excluding hydrogens is 360 g/mol. The third kappa shape index (κ3) is 3.63. The Hall–Kier alpha value is -3.32. The standard InChI is InChI=1S/C20H16N4O2S/c1-27(25,26)17-6-4-16(5-7-17)24-20-18-8-3-15(13-14(18)9-12-23-20)19-21-10-2-11-22-19/h2-13H,1H3,(H,23,24). The molecule has 0 aliphatic carbocycles. The fourth-order valence-corrected chi connectivity index (χ4v) is 3.42. The van der Waals surface area contributed by atoms with Crippen LogP contribution in [0.2, 0.25) is 0 Å². The zero-order valence-corrected chi connectivity index (χ0v) is 15.3. The predicted molar refractivity (Wildman–Crippen MR) is 106 cm³/mol. The van der Waals surface area contributed by atoms with E-state index in [-0.39, 0.29) is 4.90 Å². The average Bonchev–Trinajstić information content (AvgIpc) is 2.68. The molecule has 0 aliphatic rings. The topological polar surface area (TPSA) is 84.8 Å². The number of aromatic nitrogens is 3. The van der Waals surface area contributed by atoms with Crippen molar-refractivity contribution < 1.29 is 8.42 Å². The van der Waals surface area contributed by atoms with Crippen LogP contribution in [0, 0.1) is 0 Å². The highest BCUT2D eigenvalue weighted by Crippen LogP contribution is 2.28. The molecule has 4 rings (SSSR count). The molecule has 0 fully saturated rings. The van der Waals surface area contributed by atoms with Crippen molar-refractivity contribution in [1.29, 1.82) is 0 Å². The van der Waals surface area contributed by atoms with Gasteiger partial charge in [-0.05, 0) is 53.9 Å². The van der Waals surface area contributed by atoms with Gasteiger partial charge in [0.25, 0.3) is 0 Å². The summed E-state index contributed by atoms with van der Waals surface area (Å²) in [6, 6.07) is 16.3. The number of rotatable bonds is 4. The minimum atomic E-state index is -3.21. The van der Waals surface area contributed by atoms with Crippen molar-refractivity contribution in [3.05, 3.63) is 73.2 Å². The second-order valence-corrected chi connectivity index (χ2v) is 8.11. The highest BCUT2D eigenvalue weighted by Gasteiger charge is 2.09. The van der Waals surface area contributed by atoms with Crippen molar-refractivity contribution in [3.63, 3.8) is 0 Å². The lowest BCUT2D eigenvalue weighted by Gasteiger charge is -2.10. The van der Waals surface area contributed by atoms with Crippen LogP contribution in [0.15, 0.2) is 78.1 Å². The number of hydrogen-bond acceptors (Lipinski definition) is 6. The van der Waals surface area contributed by atoms with E-state index in [0.29, 0.717) is 11.6 Å². The number of sulfone groups is 1. The van der Waals surface area contributed by atoms with Crippen LogP contribution in [0.5, 0.6) is 0 Å². The summed E-state index contributed by atoms with van der Waals surface area (Å²) in [5, 5.41) is 5.20. The maximum atomic E-state index is 11.6. The van der Waals surface area contributed by atoms with Crippen LogP contribution < -0.4 is 5.32 Å². The molecule has 0 saturated heterocycles. The molecule has 134 valence electrons. The van der Waals surface area contributed by atoms with Crippen LogP contribution in [0.4, 0.5) is 11.5 Å². The lowest BCUT2D eigenvalue weighted by atomic mass is 10.1. The molecule has 0 radical (unpaired) electrons. The van der Waals surface area contributed by atoms with E-state index < -0.39 is 9.84 Å². The van der Waals surface area contributed by atoms with E-state index in [0.717, 1.165) is 22.0 Å². The molecular formula is C20H16N4O2S. The Morgan fingerprint density at radius 2 is 1.59 bits per heavy atom. The summed E-state index contributed by atoms with van der Waals surface area (Å²) in [6.07, 6.45) is 6.35. The number of fused-ring (bicyclic) bond motifs is 1. The number of anilines is 2. The fraction of sp³-hybridized carbons (Fsp3) is 0.0500. The Balaban J connectivity index is 1.68. The largest absolute Gasteiger partial charge is 0.340 e. The molecule has 0 unspecified atom stereocenters. The van der Waals surface area contributed by atoms with Gasteiger partial charge >= 0.3 is 0 Å². The highest BCUT2D eigenvalue weighted by molar-refractivity contribution is 7.90. The van der Waals surface area contributed by atoms with Crippen molar-refractivity contribution in [3.8, 4) is 11.4 Å². The molecule has 2 aromatic heterocycles. The summed E-state index contributed by atoms with van der Waals surface area (Å²) < 4.78 is 23.2. The summed E-state index contributed by atoms with van der Waals surface area (Å²) in [4.78, 5) is 13.3. The smallest absolute Gasteiger partial charge is 0.175 e. The van der Waals surface area contributed by atoms with Crippen LogP contribution >= 0.6 is 0 Å². The number of benzene rings is 2. The lowest BCUT2D eigenvalue weighted by molar-refractivity contribution is 0.602. The number of nitrogens with zero attached hydrogens (tertiary/aromatic N) is 3. The average molecular weight is 376 g/mol. The first-order valence-electron chi connectivity index (χ1n) is 8.24. The zero-order valence-electron chi connectivity index (χ0n) is 14.5. The van der Waals surface area contributed by atoms with Gasteiger partial charge in [-0.25, -0.2) is 23.4 Å². The molecule has 0 saturated carbocycles. The maximum Gasteiger partial charge on any atom is 0.175 e. The van der Waals surface area contributed by atoms with Gasteiger partial charge < -0.3 is 5.32 Å². The van der Waals surface area contributed by atoms with Gasteiger partial charge in [0.05, 0.1) is 4.90 Å². The molecule has 7 heteroatoms. The molecule has 4 aromatic rings. The third-order valence-electron chi connectivity index (χ3n) is 4.13. The molecule has 2 heterocycles. The minimum Gasteiger partial charge on any atom is -0.340 e. The Labute approximate surface area is 156 Å². The molecule has 0 spiro atoms. The zero-order chi connectivity index (χ0) is 18.9. The van der Waals surface area contributed by atoms with E-state index >= 15 is 0 Å². The van der Waals surface area contributed by atoms with Crippen molar-refractivity contribution >= 4 is 32.1 Å². The lowest BCUT2D eigenvalue weighted by Crippen LogP contribution is -1.98. The fourth-order valence-electron chi connectivity index (χ4n) is 2.79. The van der Waals surface area contributed by atoms with Gasteiger partial charge in [0.15, 0.2) is 15.7 Å². The molecule has 2 aromatic carbocycles. The van der Waals surface area contributed by atoms with Crippen LogP contribution in [0.3, 0.4) is 0 Å². The number of nitrogens with one attached hydrogen (secondary N) is 1. The molecule has 0 amide bonds. The number of hydrogen-bond donors (Lipinski definition) is 1. The van der Waals surface area contributed by atoms with Crippen molar-refractivity contribution in [1.82, 2.24) is 15.0 Å². The van der Waals surface area contributed by atoms with E-state index in [1.807, 2.05) is 24.3 Å². The van der Waals surface area contributed by atoms with Gasteiger partial charge in [-0.3, -0.25) is 0 Å². The third-order valence-corrected chi connectivity index (χ3v) is 5.26. The first-order chi connectivity index (χ1) is 13.0. The first-order valence-corrected chi connectivity index (χ1v) is 10.1. The Bertz CT molecular complexity index is 1210. The number of pyridine rings is 1. The molecule has 1 N–H and O–H groups in total. The second-order valence-electron chi connectivity index (χ2n) is 6.09. The predicted octanol–water partition coefficient (Wildman–Crippen LogP) is 3.84. The molecule has 0 aliphatic heterocycles. The van der Waals surface area contributed by atoms with Gasteiger partial charge in [0.2, 0.25) is 0 Å². The Morgan fingerprint density at radius 1 is 0.852 bits per heavy atom. The summed E-state index contributed by atoms with van der Waals surface area (Å²) in [6.45, 7) is 0. The molecule has 27 heavy (non-hydrogen) atoms. The van der Waals surface area contributed by atoms with Gasteiger partial charge in [0, 0.05) is 41.5 Å². The van der Waals surface area contributed by atoms with Crippen LogP contribution in [0.25, 0.3) is 22.2 Å². The first kappa shape index (κ1) is 17.1. The van der Waals surface area contributed by atoms with Crippen LogP contribution in [-0.2, 0) is 9.84 Å². The Kier molecular flexibility index (Phi) is 4.29. The van der Waals surface area contributed by atoms with Gasteiger partial charge in [0.1, 0.15) is 5.82 Å². The van der Waals surface area contributed by atoms with Crippen LogP contribution in [0.1, 0.15) is 0 Å². The van der Waals surface area contributed by atoms with E-state index in [1.165, 1.54) is 6.26 Å². The molecule has 0 atom stereocenters. The SMILES string of the molecule is CS(=O)(=O)c1ccc(Nc2nccc3cc(-c4ncccn4)ccc23)cc1. The maximum absolute atomic E-state index is 11.6. The van der Waals surface area contributed by atoms with Gasteiger partial charge in [-0.1, -0.05) is 6.07 Å². The quantitative estimate of drug-likeness (QED) is 0.582. The van der Waals surface area contributed by atoms with E-state index in [9.17, 15) is 8.42 Å². The Morgan fingerprint density at radius 3 is 2.30 bits per heavy atom. The monoisotopic (exact) mass is 376 g/mol.